The monoisotopic (exact) mass is 370 g/mol. The second kappa shape index (κ2) is 10.6. The van der Waals surface area contributed by atoms with Gasteiger partial charge in [0.15, 0.2) is 0 Å². The van der Waals surface area contributed by atoms with Crippen LogP contribution in [0.4, 0.5) is 0 Å². The van der Waals surface area contributed by atoms with E-state index in [-0.39, 0.29) is 23.7 Å². The lowest BCUT2D eigenvalue weighted by atomic mass is 9.79. The van der Waals surface area contributed by atoms with Crippen molar-refractivity contribution >= 4 is 18.3 Å². The number of carbonyl (C=O) groups is 1. The quantitative estimate of drug-likeness (QED) is 0.738. The first-order valence-electron chi connectivity index (χ1n) is 8.75. The Labute approximate surface area is 157 Å². The molecule has 0 aliphatic carbocycles. The summed E-state index contributed by atoms with van der Waals surface area (Å²) in [5.41, 5.74) is 0.698. The van der Waals surface area contributed by atoms with Gasteiger partial charge in [-0.3, -0.25) is 4.79 Å². The van der Waals surface area contributed by atoms with Crippen molar-refractivity contribution in [1.82, 2.24) is 10.6 Å². The SMILES string of the molecule is COCC1(CNC(=O)c2ccc(OCC(C)C)cc2)CCNCC1.Cl. The Kier molecular flexibility index (Phi) is 9.25. The third kappa shape index (κ3) is 6.84. The van der Waals surface area contributed by atoms with Gasteiger partial charge in [-0.25, -0.2) is 0 Å². The minimum Gasteiger partial charge on any atom is -0.493 e. The lowest BCUT2D eigenvalue weighted by molar-refractivity contribution is 0.0512. The maximum atomic E-state index is 12.4. The number of benzene rings is 1. The van der Waals surface area contributed by atoms with Gasteiger partial charge in [-0.2, -0.15) is 0 Å². The molecule has 1 aliphatic heterocycles. The summed E-state index contributed by atoms with van der Waals surface area (Å²) >= 11 is 0. The van der Waals surface area contributed by atoms with Crippen LogP contribution in [0.25, 0.3) is 0 Å². The van der Waals surface area contributed by atoms with Crippen molar-refractivity contribution in [3.8, 4) is 5.75 Å². The zero-order valence-corrected chi connectivity index (χ0v) is 16.3. The second-order valence-electron chi connectivity index (χ2n) is 7.09. The zero-order valence-electron chi connectivity index (χ0n) is 15.5. The molecule has 2 rings (SSSR count). The molecule has 1 heterocycles. The molecule has 1 aromatic rings. The molecule has 0 radical (unpaired) electrons. The molecule has 1 saturated heterocycles. The van der Waals surface area contributed by atoms with Crippen LogP contribution < -0.4 is 15.4 Å². The molecule has 0 unspecified atom stereocenters. The Morgan fingerprint density at radius 2 is 1.88 bits per heavy atom. The summed E-state index contributed by atoms with van der Waals surface area (Å²) in [5, 5.41) is 6.44. The van der Waals surface area contributed by atoms with E-state index in [1.807, 2.05) is 24.3 Å². The minimum absolute atomic E-state index is 0. The van der Waals surface area contributed by atoms with Crippen molar-refractivity contribution in [1.29, 1.82) is 0 Å². The fourth-order valence-corrected chi connectivity index (χ4v) is 2.97. The van der Waals surface area contributed by atoms with Gasteiger partial charge >= 0.3 is 0 Å². The van der Waals surface area contributed by atoms with E-state index >= 15 is 0 Å². The molecule has 5 nitrogen and oxygen atoms in total. The maximum absolute atomic E-state index is 12.4. The smallest absolute Gasteiger partial charge is 0.251 e. The van der Waals surface area contributed by atoms with Crippen LogP contribution in [0.5, 0.6) is 5.75 Å². The molecule has 1 amide bonds. The molecule has 1 aliphatic rings. The van der Waals surface area contributed by atoms with Gasteiger partial charge in [0.1, 0.15) is 5.75 Å². The zero-order chi connectivity index (χ0) is 17.4. The topological polar surface area (TPSA) is 59.6 Å². The predicted octanol–water partition coefficient (Wildman–Crippen LogP) is 2.89. The summed E-state index contributed by atoms with van der Waals surface area (Å²) < 4.78 is 11.0. The number of hydrogen-bond acceptors (Lipinski definition) is 4. The maximum Gasteiger partial charge on any atom is 0.251 e. The van der Waals surface area contributed by atoms with E-state index in [0.717, 1.165) is 31.7 Å². The lowest BCUT2D eigenvalue weighted by Gasteiger charge is -2.37. The Morgan fingerprint density at radius 1 is 1.24 bits per heavy atom. The summed E-state index contributed by atoms with van der Waals surface area (Å²) in [6.45, 7) is 8.17. The molecule has 6 heteroatoms. The molecule has 0 spiro atoms. The normalized spacial score (nSPS) is 16.2. The Bertz CT molecular complexity index is 508. The predicted molar refractivity (Wildman–Crippen MR) is 103 cm³/mol. The van der Waals surface area contributed by atoms with E-state index in [2.05, 4.69) is 24.5 Å². The average Bonchev–Trinajstić information content (AvgIpc) is 2.59. The highest BCUT2D eigenvalue weighted by molar-refractivity contribution is 5.94. The Hall–Kier alpha value is -1.30. The van der Waals surface area contributed by atoms with E-state index in [4.69, 9.17) is 9.47 Å². The van der Waals surface area contributed by atoms with Gasteiger partial charge in [0.25, 0.3) is 5.91 Å². The van der Waals surface area contributed by atoms with Crippen molar-refractivity contribution in [3.05, 3.63) is 29.8 Å². The van der Waals surface area contributed by atoms with Gasteiger partial charge in [0.2, 0.25) is 0 Å². The van der Waals surface area contributed by atoms with Crippen LogP contribution in [-0.4, -0.2) is 45.9 Å². The fourth-order valence-electron chi connectivity index (χ4n) is 2.97. The van der Waals surface area contributed by atoms with E-state index < -0.39 is 0 Å². The molecule has 0 saturated carbocycles. The summed E-state index contributed by atoms with van der Waals surface area (Å²) in [5.74, 6) is 1.24. The molecule has 25 heavy (non-hydrogen) atoms. The van der Waals surface area contributed by atoms with Crippen molar-refractivity contribution in [2.24, 2.45) is 11.3 Å². The van der Waals surface area contributed by atoms with Crippen LogP contribution in [0, 0.1) is 11.3 Å². The van der Waals surface area contributed by atoms with E-state index in [0.29, 0.717) is 31.2 Å². The number of nitrogens with one attached hydrogen (secondary N) is 2. The van der Waals surface area contributed by atoms with Crippen LogP contribution in [0.3, 0.4) is 0 Å². The standard InChI is InChI=1S/C19H30N2O3.ClH/c1-15(2)12-24-17-6-4-16(5-7-17)18(22)21-13-19(14-23-3)8-10-20-11-9-19;/h4-7,15,20H,8-14H2,1-3H3,(H,21,22);1H. The molecule has 0 aromatic heterocycles. The van der Waals surface area contributed by atoms with Crippen molar-refractivity contribution < 1.29 is 14.3 Å². The first-order valence-corrected chi connectivity index (χ1v) is 8.75. The second-order valence-corrected chi connectivity index (χ2v) is 7.09. The molecule has 142 valence electrons. The molecule has 1 aromatic carbocycles. The minimum atomic E-state index is -0.0422. The average molecular weight is 371 g/mol. The fraction of sp³-hybridized carbons (Fsp3) is 0.632. The van der Waals surface area contributed by atoms with Crippen LogP contribution >= 0.6 is 12.4 Å². The van der Waals surface area contributed by atoms with Gasteiger partial charge < -0.3 is 20.1 Å². The summed E-state index contributed by atoms with van der Waals surface area (Å²) in [6, 6.07) is 7.34. The highest BCUT2D eigenvalue weighted by Crippen LogP contribution is 2.28. The number of ether oxygens (including phenoxy) is 2. The van der Waals surface area contributed by atoms with Crippen LogP contribution in [0.2, 0.25) is 0 Å². The molecular weight excluding hydrogens is 340 g/mol. The number of methoxy groups -OCH3 is 1. The van der Waals surface area contributed by atoms with Gasteiger partial charge in [-0.05, 0) is 56.1 Å². The van der Waals surface area contributed by atoms with Gasteiger partial charge in [-0.15, -0.1) is 12.4 Å². The Balaban J connectivity index is 0.00000312. The number of rotatable bonds is 8. The molecule has 1 fully saturated rings. The highest BCUT2D eigenvalue weighted by Gasteiger charge is 2.32. The van der Waals surface area contributed by atoms with Gasteiger partial charge in [-0.1, -0.05) is 13.8 Å². The number of hydrogen-bond donors (Lipinski definition) is 2. The third-order valence-electron chi connectivity index (χ3n) is 4.44. The molecular formula is C19H31ClN2O3. The first-order chi connectivity index (χ1) is 11.5. The largest absolute Gasteiger partial charge is 0.493 e. The van der Waals surface area contributed by atoms with Gasteiger partial charge in [0, 0.05) is 24.6 Å². The lowest BCUT2D eigenvalue weighted by Crippen LogP contribution is -2.47. The highest BCUT2D eigenvalue weighted by atomic mass is 35.5. The number of halogens is 1. The number of piperidine rings is 1. The first kappa shape index (κ1) is 21.7. The molecule has 0 atom stereocenters. The summed E-state index contributed by atoms with van der Waals surface area (Å²) in [4.78, 5) is 12.4. The van der Waals surface area contributed by atoms with E-state index in [1.165, 1.54) is 0 Å². The van der Waals surface area contributed by atoms with Gasteiger partial charge in [0.05, 0.1) is 13.2 Å². The number of amides is 1. The van der Waals surface area contributed by atoms with Crippen LogP contribution in [0.1, 0.15) is 37.0 Å². The third-order valence-corrected chi connectivity index (χ3v) is 4.44. The van der Waals surface area contributed by atoms with Crippen molar-refractivity contribution in [2.45, 2.75) is 26.7 Å². The van der Waals surface area contributed by atoms with Crippen LogP contribution in [-0.2, 0) is 4.74 Å². The van der Waals surface area contributed by atoms with E-state index in [9.17, 15) is 4.79 Å². The van der Waals surface area contributed by atoms with E-state index in [1.54, 1.807) is 7.11 Å². The van der Waals surface area contributed by atoms with Crippen molar-refractivity contribution in [2.75, 3.05) is 40.0 Å². The Morgan fingerprint density at radius 3 is 2.44 bits per heavy atom. The number of carbonyl (C=O) groups excluding carboxylic acids is 1. The summed E-state index contributed by atoms with van der Waals surface area (Å²) in [6.07, 6.45) is 2.03. The summed E-state index contributed by atoms with van der Waals surface area (Å²) in [7, 11) is 1.72. The molecule has 2 N–H and O–H groups in total. The van der Waals surface area contributed by atoms with Crippen LogP contribution in [0.15, 0.2) is 24.3 Å². The molecule has 0 bridgehead atoms. The van der Waals surface area contributed by atoms with Crippen molar-refractivity contribution in [3.63, 3.8) is 0 Å².